The fourth-order valence-electron chi connectivity index (χ4n) is 3.74. The Labute approximate surface area is 158 Å². The van der Waals surface area contributed by atoms with Crippen LogP contribution >= 0.6 is 11.8 Å². The summed E-state index contributed by atoms with van der Waals surface area (Å²) >= 11 is 1.62. The van der Waals surface area contributed by atoms with E-state index in [-0.39, 0.29) is 5.91 Å². The Morgan fingerprint density at radius 3 is 2.46 bits per heavy atom. The lowest BCUT2D eigenvalue weighted by molar-refractivity contribution is 0.0620. The molecule has 1 atom stereocenters. The summed E-state index contributed by atoms with van der Waals surface area (Å²) in [5.41, 5.74) is 0.721. The van der Waals surface area contributed by atoms with Crippen LogP contribution in [0.4, 0.5) is 0 Å². The topological polar surface area (TPSA) is 54.5 Å². The largest absolute Gasteiger partial charge is 0.481 e. The Bertz CT molecular complexity index is 756. The van der Waals surface area contributed by atoms with Gasteiger partial charge in [-0.05, 0) is 62.2 Å². The zero-order valence-corrected chi connectivity index (χ0v) is 15.7. The van der Waals surface area contributed by atoms with E-state index in [9.17, 15) is 4.79 Å². The molecule has 0 saturated carbocycles. The molecule has 1 aromatic carbocycles. The van der Waals surface area contributed by atoms with Gasteiger partial charge in [0.1, 0.15) is 0 Å². The van der Waals surface area contributed by atoms with Gasteiger partial charge in [-0.25, -0.2) is 4.98 Å². The number of aromatic nitrogens is 1. The van der Waals surface area contributed by atoms with Crippen molar-refractivity contribution in [2.45, 2.75) is 28.7 Å². The maximum atomic E-state index is 12.6. The van der Waals surface area contributed by atoms with Crippen LogP contribution in [0.1, 0.15) is 23.2 Å². The Hall–Kier alpha value is -2.05. The lowest BCUT2D eigenvalue weighted by atomic mass is 9.84. The van der Waals surface area contributed by atoms with Crippen molar-refractivity contribution in [2.75, 3.05) is 26.7 Å². The molecule has 1 amide bonds. The quantitative estimate of drug-likeness (QED) is 0.878. The van der Waals surface area contributed by atoms with Crippen LogP contribution in [-0.2, 0) is 0 Å². The van der Waals surface area contributed by atoms with Gasteiger partial charge in [0.05, 0.1) is 7.11 Å². The average molecular weight is 369 g/mol. The number of hydrogen-bond acceptors (Lipinski definition) is 5. The number of ether oxygens (including phenoxy) is 1. The summed E-state index contributed by atoms with van der Waals surface area (Å²) in [5.74, 6) is 1.28. The van der Waals surface area contributed by atoms with Crippen LogP contribution in [0, 0.1) is 5.92 Å². The SMILES string of the molecule is COc1ccc(Sc2ccc(C(=O)N[C@H]3CN4CCC3CC4)cc2)cn1. The highest BCUT2D eigenvalue weighted by Gasteiger charge is 2.34. The van der Waals surface area contributed by atoms with Crippen molar-refractivity contribution in [3.63, 3.8) is 0 Å². The first kappa shape index (κ1) is 17.4. The number of fused-ring (bicyclic) bond motifs is 3. The second kappa shape index (κ2) is 7.68. The van der Waals surface area contributed by atoms with Crippen LogP contribution in [0.15, 0.2) is 52.4 Å². The molecule has 0 spiro atoms. The van der Waals surface area contributed by atoms with E-state index in [2.05, 4.69) is 15.2 Å². The highest BCUT2D eigenvalue weighted by Crippen LogP contribution is 2.29. The maximum Gasteiger partial charge on any atom is 0.251 e. The van der Waals surface area contributed by atoms with Gasteiger partial charge in [-0.15, -0.1) is 0 Å². The van der Waals surface area contributed by atoms with E-state index in [1.165, 1.54) is 25.9 Å². The molecule has 136 valence electrons. The molecule has 0 unspecified atom stereocenters. The number of nitrogens with one attached hydrogen (secondary N) is 1. The molecule has 4 heterocycles. The van der Waals surface area contributed by atoms with Crippen molar-refractivity contribution in [2.24, 2.45) is 5.92 Å². The van der Waals surface area contributed by atoms with Crippen LogP contribution < -0.4 is 10.1 Å². The van der Waals surface area contributed by atoms with Gasteiger partial charge >= 0.3 is 0 Å². The van der Waals surface area contributed by atoms with E-state index in [4.69, 9.17) is 4.74 Å². The van der Waals surface area contributed by atoms with Crippen molar-refractivity contribution < 1.29 is 9.53 Å². The first-order valence-corrected chi connectivity index (χ1v) is 9.84. The minimum atomic E-state index is 0.0337. The molecule has 26 heavy (non-hydrogen) atoms. The zero-order chi connectivity index (χ0) is 17.9. The Kier molecular flexibility index (Phi) is 5.13. The summed E-state index contributed by atoms with van der Waals surface area (Å²) in [6, 6.07) is 11.9. The van der Waals surface area contributed by atoms with Gasteiger partial charge in [0, 0.05) is 40.2 Å². The minimum absolute atomic E-state index is 0.0337. The first-order chi connectivity index (χ1) is 12.7. The fraction of sp³-hybridized carbons (Fsp3) is 0.400. The van der Waals surface area contributed by atoms with E-state index in [1.807, 2.05) is 36.4 Å². The van der Waals surface area contributed by atoms with E-state index in [0.717, 1.165) is 21.9 Å². The maximum absolute atomic E-state index is 12.6. The fourth-order valence-corrected chi connectivity index (χ4v) is 4.52. The van der Waals surface area contributed by atoms with Crippen molar-refractivity contribution in [3.8, 4) is 5.88 Å². The number of methoxy groups -OCH3 is 1. The van der Waals surface area contributed by atoms with Crippen molar-refractivity contribution in [3.05, 3.63) is 48.2 Å². The third-order valence-corrected chi connectivity index (χ3v) is 6.23. The molecule has 3 saturated heterocycles. The molecule has 5 rings (SSSR count). The first-order valence-electron chi connectivity index (χ1n) is 9.02. The Morgan fingerprint density at radius 2 is 1.88 bits per heavy atom. The van der Waals surface area contributed by atoms with Crippen molar-refractivity contribution in [1.82, 2.24) is 15.2 Å². The summed E-state index contributed by atoms with van der Waals surface area (Å²) in [5, 5.41) is 3.24. The smallest absolute Gasteiger partial charge is 0.251 e. The third kappa shape index (κ3) is 3.86. The summed E-state index contributed by atoms with van der Waals surface area (Å²) in [6.45, 7) is 3.36. The standard InChI is InChI=1S/C20H23N3O2S/c1-25-19-7-6-17(12-21-19)26-16-4-2-15(3-5-16)20(24)22-18-13-23-10-8-14(18)9-11-23/h2-7,12,14,18H,8-11,13H2,1H3,(H,22,24)/t18-/m0/s1. The van der Waals surface area contributed by atoms with Gasteiger partial charge in [0.25, 0.3) is 5.91 Å². The second-order valence-corrected chi connectivity index (χ2v) is 8.03. The molecule has 2 bridgehead atoms. The molecule has 5 nitrogen and oxygen atoms in total. The molecule has 1 aromatic heterocycles. The molecule has 2 aromatic rings. The third-order valence-electron chi connectivity index (χ3n) is 5.24. The van der Waals surface area contributed by atoms with Crippen LogP contribution in [0.5, 0.6) is 5.88 Å². The van der Waals surface area contributed by atoms with E-state index < -0.39 is 0 Å². The summed E-state index contributed by atoms with van der Waals surface area (Å²) < 4.78 is 5.07. The highest BCUT2D eigenvalue weighted by atomic mass is 32.2. The summed E-state index contributed by atoms with van der Waals surface area (Å²) in [7, 11) is 1.61. The molecule has 3 fully saturated rings. The second-order valence-electron chi connectivity index (χ2n) is 6.88. The van der Waals surface area contributed by atoms with Crippen molar-refractivity contribution in [1.29, 1.82) is 0 Å². The highest BCUT2D eigenvalue weighted by molar-refractivity contribution is 7.99. The van der Waals surface area contributed by atoms with Gasteiger partial charge in [-0.2, -0.15) is 0 Å². The number of nitrogens with zero attached hydrogens (tertiary/aromatic N) is 2. The van der Waals surface area contributed by atoms with Gasteiger partial charge in [-0.1, -0.05) is 11.8 Å². The molecule has 3 aliphatic rings. The zero-order valence-electron chi connectivity index (χ0n) is 14.9. The average Bonchev–Trinajstić information content (AvgIpc) is 2.70. The monoisotopic (exact) mass is 369 g/mol. The number of benzene rings is 1. The predicted molar refractivity (Wildman–Crippen MR) is 102 cm³/mol. The molecule has 0 radical (unpaired) electrons. The number of pyridine rings is 1. The number of rotatable bonds is 5. The Balaban J connectivity index is 1.36. The van der Waals surface area contributed by atoms with E-state index in [1.54, 1.807) is 25.1 Å². The molecule has 0 aliphatic carbocycles. The van der Waals surface area contributed by atoms with Crippen molar-refractivity contribution >= 4 is 17.7 Å². The summed E-state index contributed by atoms with van der Waals surface area (Å²) in [6.07, 6.45) is 4.20. The van der Waals surface area contributed by atoms with E-state index in [0.29, 0.717) is 17.8 Å². The van der Waals surface area contributed by atoms with Gasteiger partial charge in [0.15, 0.2) is 0 Å². The van der Waals surface area contributed by atoms with Crippen LogP contribution in [0.25, 0.3) is 0 Å². The number of hydrogen-bond donors (Lipinski definition) is 1. The van der Waals surface area contributed by atoms with Gasteiger partial charge in [0.2, 0.25) is 5.88 Å². The number of amides is 1. The predicted octanol–water partition coefficient (Wildman–Crippen LogP) is 3.07. The normalized spacial score (nSPS) is 24.3. The minimum Gasteiger partial charge on any atom is -0.481 e. The molecular weight excluding hydrogens is 346 g/mol. The van der Waals surface area contributed by atoms with Crippen LogP contribution in [0.3, 0.4) is 0 Å². The van der Waals surface area contributed by atoms with E-state index >= 15 is 0 Å². The summed E-state index contributed by atoms with van der Waals surface area (Å²) in [4.78, 5) is 21.3. The van der Waals surface area contributed by atoms with Gasteiger partial charge in [-0.3, -0.25) is 4.79 Å². The molecular formula is C20H23N3O2S. The lowest BCUT2D eigenvalue weighted by Crippen LogP contribution is -2.57. The lowest BCUT2D eigenvalue weighted by Gasteiger charge is -2.44. The Morgan fingerprint density at radius 1 is 1.15 bits per heavy atom. The van der Waals surface area contributed by atoms with Gasteiger partial charge < -0.3 is 15.0 Å². The molecule has 3 aliphatic heterocycles. The molecule has 6 heteroatoms. The number of piperidine rings is 3. The van der Waals surface area contributed by atoms with Crippen LogP contribution in [0.2, 0.25) is 0 Å². The number of carbonyl (C=O) groups excluding carboxylic acids is 1. The molecule has 1 N–H and O–H groups in total. The number of carbonyl (C=O) groups is 1. The van der Waals surface area contributed by atoms with Crippen LogP contribution in [-0.4, -0.2) is 48.6 Å².